The second-order valence-electron chi connectivity index (χ2n) is 5.47. The molecular weight excluding hydrogens is 226 g/mol. The smallest absolute Gasteiger partial charge is 0.161 e. The summed E-state index contributed by atoms with van der Waals surface area (Å²) in [6.07, 6.45) is 0. The molecule has 0 aromatic heterocycles. The Kier molecular flexibility index (Phi) is 5.99. The van der Waals surface area contributed by atoms with E-state index in [-0.39, 0.29) is 0 Å². The van der Waals surface area contributed by atoms with Crippen molar-refractivity contribution in [2.45, 2.75) is 27.7 Å². The third-order valence-electron chi connectivity index (χ3n) is 2.34. The molecule has 0 radical (unpaired) electrons. The van der Waals surface area contributed by atoms with Gasteiger partial charge in [0.15, 0.2) is 11.5 Å². The van der Waals surface area contributed by atoms with Gasteiger partial charge in [-0.15, -0.1) is 0 Å². The van der Waals surface area contributed by atoms with Gasteiger partial charge in [0, 0.05) is 13.1 Å². The van der Waals surface area contributed by atoms with Crippen LogP contribution in [0.4, 0.5) is 0 Å². The van der Waals surface area contributed by atoms with Gasteiger partial charge < -0.3 is 14.8 Å². The molecule has 1 aromatic rings. The van der Waals surface area contributed by atoms with Crippen LogP contribution < -0.4 is 14.8 Å². The van der Waals surface area contributed by atoms with Crippen molar-refractivity contribution in [2.75, 3.05) is 26.3 Å². The summed E-state index contributed by atoms with van der Waals surface area (Å²) in [7, 11) is 0. The predicted molar refractivity (Wildman–Crippen MR) is 75.4 cm³/mol. The number of para-hydroxylation sites is 2. The van der Waals surface area contributed by atoms with Crippen molar-refractivity contribution in [3.8, 4) is 11.5 Å². The summed E-state index contributed by atoms with van der Waals surface area (Å²) >= 11 is 0. The number of benzene rings is 1. The van der Waals surface area contributed by atoms with Crippen LogP contribution in [0.25, 0.3) is 0 Å². The number of rotatable bonds is 7. The molecule has 3 nitrogen and oxygen atoms in total. The van der Waals surface area contributed by atoms with E-state index >= 15 is 0 Å². The molecule has 0 fully saturated rings. The van der Waals surface area contributed by atoms with Crippen LogP contribution in [0.5, 0.6) is 11.5 Å². The molecule has 0 atom stereocenters. The third kappa shape index (κ3) is 5.92. The summed E-state index contributed by atoms with van der Waals surface area (Å²) in [6, 6.07) is 7.78. The van der Waals surface area contributed by atoms with Gasteiger partial charge in [-0.1, -0.05) is 32.9 Å². The van der Waals surface area contributed by atoms with Crippen LogP contribution in [-0.2, 0) is 0 Å². The molecule has 0 bridgehead atoms. The minimum Gasteiger partial charge on any atom is -0.490 e. The van der Waals surface area contributed by atoms with Crippen molar-refractivity contribution in [1.29, 1.82) is 0 Å². The van der Waals surface area contributed by atoms with Crippen LogP contribution >= 0.6 is 0 Å². The van der Waals surface area contributed by atoms with E-state index in [2.05, 4.69) is 26.1 Å². The van der Waals surface area contributed by atoms with Gasteiger partial charge in [-0.25, -0.2) is 0 Å². The summed E-state index contributed by atoms with van der Waals surface area (Å²) in [6.45, 7) is 11.8. The molecule has 0 amide bonds. The predicted octanol–water partition coefficient (Wildman–Crippen LogP) is 3.10. The van der Waals surface area contributed by atoms with E-state index < -0.39 is 0 Å². The molecule has 3 heteroatoms. The normalized spacial score (nSPS) is 11.3. The first-order chi connectivity index (χ1) is 8.53. The SMILES string of the molecule is CCOc1ccccc1OCCNCC(C)(C)C. The van der Waals surface area contributed by atoms with Crippen molar-refractivity contribution in [3.05, 3.63) is 24.3 Å². The van der Waals surface area contributed by atoms with Crippen LogP contribution in [-0.4, -0.2) is 26.3 Å². The second-order valence-corrected chi connectivity index (χ2v) is 5.47. The van der Waals surface area contributed by atoms with Gasteiger partial charge in [0.2, 0.25) is 0 Å². The highest BCUT2D eigenvalue weighted by Gasteiger charge is 2.08. The molecule has 18 heavy (non-hydrogen) atoms. The summed E-state index contributed by atoms with van der Waals surface area (Å²) in [5.74, 6) is 1.63. The fraction of sp³-hybridized carbons (Fsp3) is 0.600. The lowest BCUT2D eigenvalue weighted by atomic mass is 9.97. The molecule has 0 heterocycles. The number of hydrogen-bond acceptors (Lipinski definition) is 3. The quantitative estimate of drug-likeness (QED) is 0.755. The zero-order valence-electron chi connectivity index (χ0n) is 12.0. The molecule has 102 valence electrons. The third-order valence-corrected chi connectivity index (χ3v) is 2.34. The molecule has 1 rings (SSSR count). The Morgan fingerprint density at radius 2 is 1.67 bits per heavy atom. The highest BCUT2D eigenvalue weighted by atomic mass is 16.5. The first kappa shape index (κ1) is 14.8. The summed E-state index contributed by atoms with van der Waals surface area (Å²) in [4.78, 5) is 0. The van der Waals surface area contributed by atoms with Crippen molar-refractivity contribution in [3.63, 3.8) is 0 Å². The van der Waals surface area contributed by atoms with E-state index in [9.17, 15) is 0 Å². The standard InChI is InChI=1S/C15H25NO2/c1-5-17-13-8-6-7-9-14(13)18-11-10-16-12-15(2,3)4/h6-9,16H,5,10-12H2,1-4H3. The van der Waals surface area contributed by atoms with E-state index in [1.807, 2.05) is 31.2 Å². The Morgan fingerprint density at radius 1 is 1.06 bits per heavy atom. The highest BCUT2D eigenvalue weighted by Crippen LogP contribution is 2.26. The highest BCUT2D eigenvalue weighted by molar-refractivity contribution is 5.39. The molecule has 1 N–H and O–H groups in total. The fourth-order valence-electron chi connectivity index (χ4n) is 1.54. The molecule has 0 saturated carbocycles. The van der Waals surface area contributed by atoms with Gasteiger partial charge in [0.1, 0.15) is 6.61 Å². The van der Waals surface area contributed by atoms with Crippen molar-refractivity contribution < 1.29 is 9.47 Å². The molecule has 0 aliphatic heterocycles. The van der Waals surface area contributed by atoms with E-state index in [0.717, 1.165) is 24.6 Å². The lowest BCUT2D eigenvalue weighted by Gasteiger charge is -2.19. The van der Waals surface area contributed by atoms with Crippen LogP contribution in [0.2, 0.25) is 0 Å². The molecule has 0 aliphatic rings. The molecular formula is C15H25NO2. The van der Waals surface area contributed by atoms with Gasteiger partial charge in [-0.3, -0.25) is 0 Å². The van der Waals surface area contributed by atoms with Gasteiger partial charge in [-0.05, 0) is 24.5 Å². The Balaban J connectivity index is 2.31. The molecule has 0 aliphatic carbocycles. The van der Waals surface area contributed by atoms with E-state index in [0.29, 0.717) is 18.6 Å². The zero-order chi connectivity index (χ0) is 13.4. The zero-order valence-corrected chi connectivity index (χ0v) is 12.0. The summed E-state index contributed by atoms with van der Waals surface area (Å²) in [5, 5.41) is 3.38. The van der Waals surface area contributed by atoms with E-state index in [4.69, 9.17) is 9.47 Å². The van der Waals surface area contributed by atoms with Crippen molar-refractivity contribution in [1.82, 2.24) is 5.32 Å². The first-order valence-electron chi connectivity index (χ1n) is 6.58. The van der Waals surface area contributed by atoms with Crippen LogP contribution in [0, 0.1) is 5.41 Å². The Morgan fingerprint density at radius 3 is 2.22 bits per heavy atom. The lowest BCUT2D eigenvalue weighted by molar-refractivity contribution is 0.269. The average Bonchev–Trinajstić information content (AvgIpc) is 2.29. The maximum Gasteiger partial charge on any atom is 0.161 e. The Bertz CT molecular complexity index is 345. The van der Waals surface area contributed by atoms with Crippen LogP contribution in [0.3, 0.4) is 0 Å². The van der Waals surface area contributed by atoms with Crippen molar-refractivity contribution in [2.24, 2.45) is 5.41 Å². The second kappa shape index (κ2) is 7.27. The fourth-order valence-corrected chi connectivity index (χ4v) is 1.54. The Labute approximate surface area is 110 Å². The number of ether oxygens (including phenoxy) is 2. The van der Waals surface area contributed by atoms with Gasteiger partial charge in [0.05, 0.1) is 6.61 Å². The average molecular weight is 251 g/mol. The monoisotopic (exact) mass is 251 g/mol. The van der Waals surface area contributed by atoms with E-state index in [1.165, 1.54) is 0 Å². The molecule has 1 aromatic carbocycles. The first-order valence-corrected chi connectivity index (χ1v) is 6.58. The minimum absolute atomic E-state index is 0.309. The van der Waals surface area contributed by atoms with Gasteiger partial charge in [0.25, 0.3) is 0 Å². The maximum atomic E-state index is 5.72. The molecule has 0 unspecified atom stereocenters. The topological polar surface area (TPSA) is 30.5 Å². The van der Waals surface area contributed by atoms with E-state index in [1.54, 1.807) is 0 Å². The molecule has 0 spiro atoms. The van der Waals surface area contributed by atoms with Crippen molar-refractivity contribution >= 4 is 0 Å². The summed E-state index contributed by atoms with van der Waals surface area (Å²) < 4.78 is 11.2. The number of hydrogen-bond donors (Lipinski definition) is 1. The number of nitrogens with one attached hydrogen (secondary N) is 1. The largest absolute Gasteiger partial charge is 0.490 e. The molecule has 0 saturated heterocycles. The summed E-state index contributed by atoms with van der Waals surface area (Å²) in [5.41, 5.74) is 0.309. The lowest BCUT2D eigenvalue weighted by Crippen LogP contribution is -2.30. The van der Waals surface area contributed by atoms with Gasteiger partial charge in [-0.2, -0.15) is 0 Å². The maximum absolute atomic E-state index is 5.72. The minimum atomic E-state index is 0.309. The van der Waals surface area contributed by atoms with Crippen LogP contribution in [0.15, 0.2) is 24.3 Å². The van der Waals surface area contributed by atoms with Crippen LogP contribution in [0.1, 0.15) is 27.7 Å². The van der Waals surface area contributed by atoms with Gasteiger partial charge >= 0.3 is 0 Å². The Hall–Kier alpha value is -1.22.